The highest BCUT2D eigenvalue weighted by Crippen LogP contribution is 2.43. The molecule has 0 saturated carbocycles. The number of carbonyl (C=O) groups excluding carboxylic acids is 1. The van der Waals surface area contributed by atoms with Crippen LogP contribution in [0, 0.1) is 5.92 Å². The zero-order valence-corrected chi connectivity index (χ0v) is 23.7. The second-order valence-electron chi connectivity index (χ2n) is 10.8. The third-order valence-electron chi connectivity index (χ3n) is 8.27. The molecular formula is C31H38N4O7. The van der Waals surface area contributed by atoms with Crippen LogP contribution in [0.15, 0.2) is 54.6 Å². The Balaban J connectivity index is 1.46. The van der Waals surface area contributed by atoms with Crippen molar-refractivity contribution in [1.29, 1.82) is 0 Å². The molecule has 5 N–H and O–H groups in total. The van der Waals surface area contributed by atoms with Crippen LogP contribution in [0.5, 0.6) is 23.3 Å². The summed E-state index contributed by atoms with van der Waals surface area (Å²) in [6.45, 7) is 3.58. The number of unbranched alkanes of at least 4 members (excludes halogenated alkanes) is 1. The van der Waals surface area contributed by atoms with Gasteiger partial charge in [0.25, 0.3) is 0 Å². The molecule has 0 radical (unpaired) electrons. The number of nitrogens with two attached hydrogens (primary N) is 1. The van der Waals surface area contributed by atoms with Crippen LogP contribution < -0.4 is 20.1 Å². The lowest BCUT2D eigenvalue weighted by molar-refractivity contribution is -0.143. The first kappa shape index (κ1) is 29.3. The fourth-order valence-electron chi connectivity index (χ4n) is 6.10. The summed E-state index contributed by atoms with van der Waals surface area (Å²) < 4.78 is 12.3. The summed E-state index contributed by atoms with van der Waals surface area (Å²) in [5.74, 6) is -1.43. The SMILES string of the molecule is CCCCN(C(=O)CN1C[C@H](c2ccc3c(c2)OCO3)[C@@H](C(=O)O)[C@@H]1CCn1c(O)ccc1O)c1cccc(CN)c1. The standard InChI is InChI=1S/C31H38N4O7/c1-2-3-12-34(22-6-4-5-20(14-22)16-32)29(38)18-33-17-23(21-7-8-25-26(15-21)42-19-41-25)30(31(39)40)24(33)11-13-35-27(36)9-10-28(35)37/h4-10,14-15,23-24,30,36-37H,2-3,11-13,16-19,32H2,1H3,(H,39,40)/t23-,24+,30-/m1/s1. The van der Waals surface area contributed by atoms with Crippen molar-refractivity contribution < 1.29 is 34.4 Å². The van der Waals surface area contributed by atoms with E-state index in [9.17, 15) is 24.9 Å². The van der Waals surface area contributed by atoms with Crippen LogP contribution in [-0.2, 0) is 22.7 Å². The molecule has 42 heavy (non-hydrogen) atoms. The summed E-state index contributed by atoms with van der Waals surface area (Å²) in [6.07, 6.45) is 2.01. The molecule has 11 heteroatoms. The van der Waals surface area contributed by atoms with Gasteiger partial charge < -0.3 is 35.4 Å². The molecule has 2 aliphatic rings. The van der Waals surface area contributed by atoms with Crippen molar-refractivity contribution in [3.05, 3.63) is 65.7 Å². The Morgan fingerprint density at radius 1 is 1.05 bits per heavy atom. The third kappa shape index (κ3) is 6.02. The van der Waals surface area contributed by atoms with E-state index in [-0.39, 0.29) is 37.5 Å². The minimum atomic E-state index is -0.975. The fourth-order valence-corrected chi connectivity index (χ4v) is 6.10. The van der Waals surface area contributed by atoms with Crippen LogP contribution >= 0.6 is 0 Å². The summed E-state index contributed by atoms with van der Waals surface area (Å²) in [4.78, 5) is 30.5. The summed E-state index contributed by atoms with van der Waals surface area (Å²) >= 11 is 0. The number of carbonyl (C=O) groups is 2. The molecule has 0 bridgehead atoms. The number of anilines is 1. The van der Waals surface area contributed by atoms with Gasteiger partial charge in [-0.15, -0.1) is 0 Å². The number of aromatic nitrogens is 1. The van der Waals surface area contributed by atoms with Gasteiger partial charge in [0.15, 0.2) is 23.3 Å². The van der Waals surface area contributed by atoms with Gasteiger partial charge in [0.2, 0.25) is 12.7 Å². The molecule has 1 amide bonds. The van der Waals surface area contributed by atoms with Crippen molar-refractivity contribution in [1.82, 2.24) is 9.47 Å². The number of hydrogen-bond donors (Lipinski definition) is 4. The number of amides is 1. The number of nitrogens with zero attached hydrogens (tertiary/aromatic N) is 3. The Morgan fingerprint density at radius 3 is 2.52 bits per heavy atom. The molecule has 224 valence electrons. The zero-order valence-electron chi connectivity index (χ0n) is 23.7. The smallest absolute Gasteiger partial charge is 0.308 e. The van der Waals surface area contributed by atoms with Gasteiger partial charge in [-0.3, -0.25) is 19.1 Å². The minimum Gasteiger partial charge on any atom is -0.494 e. The van der Waals surface area contributed by atoms with Gasteiger partial charge in [-0.2, -0.15) is 0 Å². The molecule has 1 aromatic heterocycles. The fraction of sp³-hybridized carbons (Fsp3) is 0.419. The van der Waals surface area contributed by atoms with E-state index in [1.54, 1.807) is 11.0 Å². The monoisotopic (exact) mass is 578 g/mol. The van der Waals surface area contributed by atoms with Gasteiger partial charge in [-0.1, -0.05) is 31.5 Å². The second kappa shape index (κ2) is 12.7. The van der Waals surface area contributed by atoms with Crippen LogP contribution in [0.4, 0.5) is 5.69 Å². The van der Waals surface area contributed by atoms with Crippen molar-refractivity contribution in [2.75, 3.05) is 31.3 Å². The molecular weight excluding hydrogens is 540 g/mol. The molecule has 3 heterocycles. The Bertz CT molecular complexity index is 1400. The first-order valence-corrected chi connectivity index (χ1v) is 14.3. The number of aliphatic carboxylic acids is 1. The van der Waals surface area contributed by atoms with Crippen LogP contribution in [0.1, 0.15) is 43.2 Å². The molecule has 5 rings (SSSR count). The maximum Gasteiger partial charge on any atom is 0.308 e. The summed E-state index contributed by atoms with van der Waals surface area (Å²) in [7, 11) is 0. The number of hydrogen-bond acceptors (Lipinski definition) is 8. The van der Waals surface area contributed by atoms with Gasteiger partial charge in [-0.05, 0) is 48.2 Å². The highest BCUT2D eigenvalue weighted by molar-refractivity contribution is 5.95. The Kier molecular flexibility index (Phi) is 8.89. The molecule has 2 aliphatic heterocycles. The van der Waals surface area contributed by atoms with Crippen LogP contribution in [0.3, 0.4) is 0 Å². The quantitative estimate of drug-likeness (QED) is 0.253. The maximum atomic E-state index is 13.9. The summed E-state index contributed by atoms with van der Waals surface area (Å²) in [6, 6.07) is 15.3. The normalized spacial score (nSPS) is 19.7. The van der Waals surface area contributed by atoms with Crippen LogP contribution in [0.2, 0.25) is 0 Å². The van der Waals surface area contributed by atoms with Crippen molar-refractivity contribution >= 4 is 17.6 Å². The molecule has 0 aliphatic carbocycles. The molecule has 1 fully saturated rings. The second-order valence-corrected chi connectivity index (χ2v) is 10.8. The largest absolute Gasteiger partial charge is 0.494 e. The number of benzene rings is 2. The predicted octanol–water partition coefficient (Wildman–Crippen LogP) is 3.48. The van der Waals surface area contributed by atoms with E-state index < -0.39 is 23.8 Å². The molecule has 11 nitrogen and oxygen atoms in total. The lowest BCUT2D eigenvalue weighted by atomic mass is 9.84. The van der Waals surface area contributed by atoms with E-state index in [1.165, 1.54) is 16.7 Å². The maximum absolute atomic E-state index is 13.9. The van der Waals surface area contributed by atoms with Gasteiger partial charge >= 0.3 is 5.97 Å². The number of fused-ring (bicyclic) bond motifs is 1. The first-order chi connectivity index (χ1) is 20.3. The average molecular weight is 579 g/mol. The minimum absolute atomic E-state index is 0.00963. The number of aromatic hydroxyl groups is 2. The number of carboxylic acids is 1. The molecule has 1 saturated heterocycles. The highest BCUT2D eigenvalue weighted by Gasteiger charge is 2.47. The Labute approximate surface area is 244 Å². The average Bonchev–Trinajstić information content (AvgIpc) is 3.69. The molecule has 0 unspecified atom stereocenters. The zero-order chi connectivity index (χ0) is 29.8. The predicted molar refractivity (Wildman–Crippen MR) is 156 cm³/mol. The topological polar surface area (TPSA) is 151 Å². The number of ether oxygens (including phenoxy) is 2. The Hall–Kier alpha value is -4.22. The molecule has 3 atom stereocenters. The third-order valence-corrected chi connectivity index (χ3v) is 8.27. The van der Waals surface area contributed by atoms with Gasteiger partial charge in [-0.25, -0.2) is 0 Å². The van der Waals surface area contributed by atoms with E-state index in [0.717, 1.165) is 29.7 Å². The van der Waals surface area contributed by atoms with Crippen LogP contribution in [-0.4, -0.2) is 69.1 Å². The number of carboxylic acid groups (broad SMARTS) is 1. The lowest BCUT2D eigenvalue weighted by Gasteiger charge is -2.30. The van der Waals surface area contributed by atoms with Gasteiger partial charge in [0, 0.05) is 56.0 Å². The van der Waals surface area contributed by atoms with Gasteiger partial charge in [0.05, 0.1) is 12.5 Å². The van der Waals surface area contributed by atoms with E-state index in [1.807, 2.05) is 41.3 Å². The molecule has 3 aromatic rings. The van der Waals surface area contributed by atoms with E-state index in [0.29, 0.717) is 37.6 Å². The Morgan fingerprint density at radius 2 is 1.81 bits per heavy atom. The molecule has 2 aromatic carbocycles. The van der Waals surface area contributed by atoms with Crippen molar-refractivity contribution in [2.24, 2.45) is 11.7 Å². The van der Waals surface area contributed by atoms with Crippen molar-refractivity contribution in [3.8, 4) is 23.3 Å². The van der Waals surface area contributed by atoms with Crippen molar-refractivity contribution in [3.63, 3.8) is 0 Å². The van der Waals surface area contributed by atoms with Gasteiger partial charge in [0.1, 0.15) is 0 Å². The lowest BCUT2D eigenvalue weighted by Crippen LogP contribution is -2.45. The first-order valence-electron chi connectivity index (χ1n) is 14.3. The summed E-state index contributed by atoms with van der Waals surface area (Å²) in [5, 5.41) is 30.9. The van der Waals surface area contributed by atoms with E-state index in [2.05, 4.69) is 6.92 Å². The molecule has 0 spiro atoms. The van der Waals surface area contributed by atoms with E-state index >= 15 is 0 Å². The highest BCUT2D eigenvalue weighted by atomic mass is 16.7. The number of likely N-dealkylation sites (tertiary alicyclic amines) is 1. The van der Waals surface area contributed by atoms with Crippen LogP contribution in [0.25, 0.3) is 0 Å². The summed E-state index contributed by atoms with van der Waals surface area (Å²) in [5.41, 5.74) is 8.33. The van der Waals surface area contributed by atoms with E-state index in [4.69, 9.17) is 15.2 Å². The number of rotatable bonds is 12. The van der Waals surface area contributed by atoms with Crippen molar-refractivity contribution in [2.45, 2.75) is 51.2 Å².